The molecule has 6 nitrogen and oxygen atoms in total. The van der Waals surface area contributed by atoms with Crippen molar-refractivity contribution < 1.29 is 24.2 Å². The molecule has 176 valence electrons. The van der Waals surface area contributed by atoms with Crippen molar-refractivity contribution in [3.05, 3.63) is 60.2 Å². The lowest BCUT2D eigenvalue weighted by atomic mass is 9.90. The van der Waals surface area contributed by atoms with Crippen LogP contribution in [0.1, 0.15) is 44.1 Å². The highest BCUT2D eigenvalue weighted by Crippen LogP contribution is 2.39. The largest absolute Gasteiger partial charge is 0.481 e. The molecule has 1 heterocycles. The first-order valence-corrected chi connectivity index (χ1v) is 11.9. The van der Waals surface area contributed by atoms with Gasteiger partial charge in [-0.05, 0) is 42.0 Å². The second-order valence-corrected chi connectivity index (χ2v) is 8.97. The smallest absolute Gasteiger partial charge is 0.303 e. The van der Waals surface area contributed by atoms with E-state index in [-0.39, 0.29) is 18.2 Å². The minimum absolute atomic E-state index is 0.169. The number of carboxylic acids is 1. The van der Waals surface area contributed by atoms with Crippen molar-refractivity contribution in [2.24, 2.45) is 0 Å². The molecule has 2 aromatic carbocycles. The van der Waals surface area contributed by atoms with E-state index in [0.29, 0.717) is 51.9 Å². The monoisotopic (exact) mass is 451 g/mol. The van der Waals surface area contributed by atoms with Crippen LogP contribution in [0.5, 0.6) is 0 Å². The Morgan fingerprint density at radius 3 is 2.76 bits per heavy atom. The number of rotatable bonds is 10. The van der Waals surface area contributed by atoms with E-state index in [1.165, 1.54) is 10.8 Å². The molecular formula is C27H33NO5. The van der Waals surface area contributed by atoms with Crippen LogP contribution in [0.2, 0.25) is 0 Å². The standard InChI is InChI=1S/C27H33NO5/c29-24-13-15-27(14-6-2-1-3-12-25(30)31,26(24)28-16-18-32-19-17-28)33-20-22-10-7-9-21-8-4-5-11-23(21)22/h2,4-11,26H,1,3,12-20H2,(H,30,31)/t26-,27+/m1/s1. The van der Waals surface area contributed by atoms with E-state index >= 15 is 0 Å². The van der Waals surface area contributed by atoms with Gasteiger partial charge in [0.25, 0.3) is 0 Å². The van der Waals surface area contributed by atoms with Crippen molar-refractivity contribution in [2.45, 2.75) is 56.8 Å². The van der Waals surface area contributed by atoms with Crippen LogP contribution in [0, 0.1) is 0 Å². The molecule has 6 heteroatoms. The third-order valence-electron chi connectivity index (χ3n) is 6.80. The third kappa shape index (κ3) is 5.69. The highest BCUT2D eigenvalue weighted by atomic mass is 16.5. The highest BCUT2D eigenvalue weighted by molar-refractivity contribution is 5.88. The van der Waals surface area contributed by atoms with Gasteiger partial charge in [-0.15, -0.1) is 0 Å². The second kappa shape index (κ2) is 11.1. The quantitative estimate of drug-likeness (QED) is 0.427. The van der Waals surface area contributed by atoms with Crippen molar-refractivity contribution in [1.82, 2.24) is 4.90 Å². The summed E-state index contributed by atoms with van der Waals surface area (Å²) in [5.41, 5.74) is 0.535. The molecule has 2 aromatic rings. The zero-order chi connectivity index (χ0) is 23.1. The molecule has 33 heavy (non-hydrogen) atoms. The summed E-state index contributed by atoms with van der Waals surface area (Å²) in [7, 11) is 0. The molecular weight excluding hydrogens is 418 g/mol. The number of allylic oxidation sites excluding steroid dienone is 1. The number of hydrogen-bond donors (Lipinski definition) is 1. The van der Waals surface area contributed by atoms with Gasteiger partial charge >= 0.3 is 5.97 Å². The van der Waals surface area contributed by atoms with E-state index in [1.807, 2.05) is 18.2 Å². The molecule has 1 saturated heterocycles. The Morgan fingerprint density at radius 2 is 1.94 bits per heavy atom. The number of hydrogen-bond acceptors (Lipinski definition) is 5. The number of ether oxygens (including phenoxy) is 2. The summed E-state index contributed by atoms with van der Waals surface area (Å²) >= 11 is 0. The van der Waals surface area contributed by atoms with Crippen molar-refractivity contribution in [2.75, 3.05) is 26.3 Å². The third-order valence-corrected chi connectivity index (χ3v) is 6.80. The number of Topliss-reactive ketones (excluding diaryl/α,β-unsaturated/α-hetero) is 1. The minimum atomic E-state index is -0.771. The van der Waals surface area contributed by atoms with E-state index in [1.54, 1.807) is 0 Å². The van der Waals surface area contributed by atoms with Gasteiger partial charge in [0, 0.05) is 25.9 Å². The minimum Gasteiger partial charge on any atom is -0.481 e. The average Bonchev–Trinajstić information content (AvgIpc) is 3.16. The number of benzene rings is 2. The van der Waals surface area contributed by atoms with Gasteiger partial charge in [0.05, 0.1) is 31.5 Å². The van der Waals surface area contributed by atoms with Crippen LogP contribution in [0.25, 0.3) is 10.8 Å². The summed E-state index contributed by atoms with van der Waals surface area (Å²) in [6.45, 7) is 3.18. The van der Waals surface area contributed by atoms with Gasteiger partial charge in [-0.25, -0.2) is 0 Å². The Bertz CT molecular complexity index is 992. The normalized spacial score (nSPS) is 24.1. The van der Waals surface area contributed by atoms with Crippen LogP contribution in [0.15, 0.2) is 54.6 Å². The van der Waals surface area contributed by atoms with Gasteiger partial charge < -0.3 is 14.6 Å². The van der Waals surface area contributed by atoms with E-state index in [9.17, 15) is 9.59 Å². The van der Waals surface area contributed by atoms with Gasteiger partial charge in [-0.1, -0.05) is 54.6 Å². The van der Waals surface area contributed by atoms with Gasteiger partial charge in [-0.2, -0.15) is 0 Å². The number of fused-ring (bicyclic) bond motifs is 1. The Kier molecular flexibility index (Phi) is 7.91. The number of morpholine rings is 1. The maximum atomic E-state index is 13.1. The topological polar surface area (TPSA) is 76.1 Å². The lowest BCUT2D eigenvalue weighted by molar-refractivity contribution is -0.139. The van der Waals surface area contributed by atoms with Crippen LogP contribution in [0.3, 0.4) is 0 Å². The van der Waals surface area contributed by atoms with Crippen LogP contribution < -0.4 is 0 Å². The SMILES string of the molecule is O=C(O)CCCC=CC[C@]1(OCc2cccc3ccccc23)CCC(=O)[C@H]1N1CCOCC1. The molecule has 4 rings (SSSR count). The van der Waals surface area contributed by atoms with Crippen LogP contribution in [-0.2, 0) is 25.7 Å². The zero-order valence-corrected chi connectivity index (χ0v) is 19.1. The van der Waals surface area contributed by atoms with E-state index < -0.39 is 11.6 Å². The molecule has 0 radical (unpaired) electrons. The molecule has 0 spiro atoms. The summed E-state index contributed by atoms with van der Waals surface area (Å²) in [6.07, 6.45) is 7.45. The zero-order valence-electron chi connectivity index (χ0n) is 19.1. The molecule has 1 aliphatic heterocycles. The lowest BCUT2D eigenvalue weighted by Crippen LogP contribution is -2.56. The van der Waals surface area contributed by atoms with Crippen molar-refractivity contribution >= 4 is 22.5 Å². The predicted molar refractivity (Wildman–Crippen MR) is 127 cm³/mol. The molecule has 0 unspecified atom stereocenters. The van der Waals surface area contributed by atoms with Gasteiger partial charge in [0.2, 0.25) is 0 Å². The second-order valence-electron chi connectivity index (χ2n) is 8.97. The van der Waals surface area contributed by atoms with Gasteiger partial charge in [0.1, 0.15) is 0 Å². The van der Waals surface area contributed by atoms with E-state index in [4.69, 9.17) is 14.6 Å². The Hall–Kier alpha value is -2.54. The lowest BCUT2D eigenvalue weighted by Gasteiger charge is -2.42. The van der Waals surface area contributed by atoms with Crippen molar-refractivity contribution in [1.29, 1.82) is 0 Å². The molecule has 2 fully saturated rings. The molecule has 1 aliphatic carbocycles. The molecule has 1 saturated carbocycles. The van der Waals surface area contributed by atoms with E-state index in [0.717, 1.165) is 18.7 Å². The fourth-order valence-electron chi connectivity index (χ4n) is 5.11. The Labute approximate surface area is 195 Å². The fraction of sp³-hybridized carbons (Fsp3) is 0.481. The fourth-order valence-corrected chi connectivity index (χ4v) is 5.11. The summed E-state index contributed by atoms with van der Waals surface area (Å²) in [6, 6.07) is 14.3. The summed E-state index contributed by atoms with van der Waals surface area (Å²) in [4.78, 5) is 26.1. The Morgan fingerprint density at radius 1 is 1.15 bits per heavy atom. The maximum absolute atomic E-state index is 13.1. The van der Waals surface area contributed by atoms with Crippen molar-refractivity contribution in [3.8, 4) is 0 Å². The first-order valence-electron chi connectivity index (χ1n) is 11.9. The molecule has 0 amide bonds. The molecule has 1 N–H and O–H groups in total. The van der Waals surface area contributed by atoms with Crippen LogP contribution in [-0.4, -0.2) is 59.7 Å². The molecule has 2 aliphatic rings. The van der Waals surface area contributed by atoms with Crippen LogP contribution >= 0.6 is 0 Å². The van der Waals surface area contributed by atoms with Crippen LogP contribution in [0.4, 0.5) is 0 Å². The number of nitrogens with zero attached hydrogens (tertiary/aromatic N) is 1. The predicted octanol–water partition coefficient (Wildman–Crippen LogP) is 4.36. The van der Waals surface area contributed by atoms with Gasteiger partial charge in [0.15, 0.2) is 5.78 Å². The maximum Gasteiger partial charge on any atom is 0.303 e. The number of carbonyl (C=O) groups excluding carboxylic acids is 1. The number of carbonyl (C=O) groups is 2. The summed E-state index contributed by atoms with van der Waals surface area (Å²) in [5, 5.41) is 11.2. The summed E-state index contributed by atoms with van der Waals surface area (Å²) < 4.78 is 12.2. The molecule has 0 bridgehead atoms. The number of aliphatic carboxylic acids is 1. The highest BCUT2D eigenvalue weighted by Gasteiger charge is 2.51. The number of carboxylic acid groups (broad SMARTS) is 1. The first-order chi connectivity index (χ1) is 16.1. The average molecular weight is 452 g/mol. The first kappa shape index (κ1) is 23.6. The Balaban J connectivity index is 1.54. The molecule has 2 atom stereocenters. The summed E-state index contributed by atoms with van der Waals surface area (Å²) in [5.74, 6) is -0.527. The van der Waals surface area contributed by atoms with Crippen molar-refractivity contribution in [3.63, 3.8) is 0 Å². The van der Waals surface area contributed by atoms with Gasteiger partial charge in [-0.3, -0.25) is 14.5 Å². The number of unbranched alkanes of at least 4 members (excludes halogenated alkanes) is 1. The van der Waals surface area contributed by atoms with E-state index in [2.05, 4.69) is 41.3 Å². The molecule has 0 aromatic heterocycles. The number of ketones is 1.